The summed E-state index contributed by atoms with van der Waals surface area (Å²) in [6, 6.07) is 13.0. The van der Waals surface area contributed by atoms with E-state index < -0.39 is 12.0 Å². The third kappa shape index (κ3) is 4.51. The first-order valence-corrected chi connectivity index (χ1v) is 10.5. The van der Waals surface area contributed by atoms with E-state index in [4.69, 9.17) is 26.4 Å². The molecule has 164 valence electrons. The summed E-state index contributed by atoms with van der Waals surface area (Å²) >= 11 is 5.72. The zero-order valence-corrected chi connectivity index (χ0v) is 19.5. The lowest BCUT2D eigenvalue weighted by atomic mass is 9.93. The minimum absolute atomic E-state index is 0.0821. The van der Waals surface area contributed by atoms with Gasteiger partial charge in [0.05, 0.1) is 31.9 Å². The Morgan fingerprint density at radius 1 is 1.10 bits per heavy atom. The van der Waals surface area contributed by atoms with Gasteiger partial charge in [-0.05, 0) is 58.1 Å². The highest BCUT2D eigenvalue weighted by molar-refractivity contribution is 7.80. The SMILES string of the molecule is COC(=O)C1=C(C)N(c2ccc(C)cc2)C(=S)NC1c1cccc(OC)c1OC(C)C. The number of esters is 1. The summed E-state index contributed by atoms with van der Waals surface area (Å²) in [4.78, 5) is 14.8. The number of para-hydroxylation sites is 1. The molecule has 1 N–H and O–H groups in total. The average molecular weight is 441 g/mol. The number of thiocarbonyl (C=S) groups is 1. The number of aryl methyl sites for hydroxylation is 1. The molecule has 0 bridgehead atoms. The van der Waals surface area contributed by atoms with E-state index in [9.17, 15) is 4.79 Å². The molecule has 2 aromatic rings. The lowest BCUT2D eigenvalue weighted by molar-refractivity contribution is -0.136. The Labute approximate surface area is 188 Å². The van der Waals surface area contributed by atoms with Crippen LogP contribution < -0.4 is 19.7 Å². The second-order valence-electron chi connectivity index (χ2n) is 7.59. The topological polar surface area (TPSA) is 60.0 Å². The van der Waals surface area contributed by atoms with E-state index >= 15 is 0 Å². The minimum Gasteiger partial charge on any atom is -0.493 e. The molecule has 0 aromatic heterocycles. The molecule has 0 radical (unpaired) electrons. The number of benzene rings is 2. The van der Waals surface area contributed by atoms with Crippen LogP contribution in [0.5, 0.6) is 11.5 Å². The van der Waals surface area contributed by atoms with Crippen LogP contribution >= 0.6 is 12.2 Å². The summed E-state index contributed by atoms with van der Waals surface area (Å²) in [6.07, 6.45) is -0.0821. The van der Waals surface area contributed by atoms with Gasteiger partial charge in [-0.1, -0.05) is 29.8 Å². The van der Waals surface area contributed by atoms with Crippen LogP contribution in [-0.2, 0) is 9.53 Å². The van der Waals surface area contributed by atoms with Gasteiger partial charge in [0.2, 0.25) is 0 Å². The van der Waals surface area contributed by atoms with Crippen LogP contribution in [0.1, 0.15) is 37.9 Å². The van der Waals surface area contributed by atoms with E-state index in [1.165, 1.54) is 7.11 Å². The first kappa shape index (κ1) is 22.6. The molecule has 0 fully saturated rings. The second-order valence-corrected chi connectivity index (χ2v) is 7.98. The number of methoxy groups -OCH3 is 2. The number of rotatable bonds is 6. The Hall–Kier alpha value is -3.06. The van der Waals surface area contributed by atoms with Gasteiger partial charge in [-0.2, -0.15) is 0 Å². The van der Waals surface area contributed by atoms with Gasteiger partial charge in [-0.3, -0.25) is 4.90 Å². The number of carbonyl (C=O) groups excluding carboxylic acids is 1. The first-order valence-electron chi connectivity index (χ1n) is 10.1. The van der Waals surface area contributed by atoms with Gasteiger partial charge in [0.25, 0.3) is 0 Å². The van der Waals surface area contributed by atoms with Gasteiger partial charge in [0.1, 0.15) is 0 Å². The molecule has 7 heteroatoms. The lowest BCUT2D eigenvalue weighted by Crippen LogP contribution is -2.48. The monoisotopic (exact) mass is 440 g/mol. The smallest absolute Gasteiger partial charge is 0.337 e. The Morgan fingerprint density at radius 2 is 1.77 bits per heavy atom. The van der Waals surface area contributed by atoms with E-state index in [1.54, 1.807) is 7.11 Å². The molecular formula is C24H28N2O4S. The van der Waals surface area contributed by atoms with Gasteiger partial charge >= 0.3 is 5.97 Å². The molecule has 6 nitrogen and oxygen atoms in total. The maximum atomic E-state index is 12.9. The van der Waals surface area contributed by atoms with E-state index in [0.29, 0.717) is 27.9 Å². The summed E-state index contributed by atoms with van der Waals surface area (Å²) in [5.41, 5.74) is 3.91. The third-order valence-corrected chi connectivity index (χ3v) is 5.38. The zero-order chi connectivity index (χ0) is 22.7. The van der Waals surface area contributed by atoms with Crippen LogP contribution in [0.2, 0.25) is 0 Å². The molecule has 0 spiro atoms. The van der Waals surface area contributed by atoms with Crippen LogP contribution in [0, 0.1) is 6.92 Å². The van der Waals surface area contributed by atoms with Gasteiger partial charge in [0.15, 0.2) is 16.6 Å². The standard InChI is InChI=1S/C24H28N2O4S/c1-14(2)30-22-18(8-7-9-19(22)28-5)21-20(23(27)29-6)16(4)26(24(31)25-21)17-12-10-15(3)11-13-17/h7-14,21H,1-6H3,(H,25,31). The molecule has 2 aromatic carbocycles. The Bertz CT molecular complexity index is 1010. The highest BCUT2D eigenvalue weighted by Crippen LogP contribution is 2.41. The van der Waals surface area contributed by atoms with E-state index in [1.807, 2.05) is 75.1 Å². The molecule has 1 aliphatic heterocycles. The summed E-state index contributed by atoms with van der Waals surface area (Å²) in [6.45, 7) is 7.77. The number of anilines is 1. The van der Waals surface area contributed by atoms with Gasteiger partial charge < -0.3 is 19.5 Å². The van der Waals surface area contributed by atoms with E-state index in [0.717, 1.165) is 16.8 Å². The van der Waals surface area contributed by atoms with Crippen molar-refractivity contribution in [3.8, 4) is 11.5 Å². The van der Waals surface area contributed by atoms with Crippen LogP contribution in [0.4, 0.5) is 5.69 Å². The van der Waals surface area contributed by atoms with Crippen molar-refractivity contribution in [2.24, 2.45) is 0 Å². The van der Waals surface area contributed by atoms with Gasteiger partial charge in [-0.25, -0.2) is 4.79 Å². The second kappa shape index (κ2) is 9.39. The number of nitrogens with one attached hydrogen (secondary N) is 1. The molecule has 3 rings (SSSR count). The summed E-state index contributed by atoms with van der Waals surface area (Å²) in [5, 5.41) is 3.80. The number of carbonyl (C=O) groups is 1. The largest absolute Gasteiger partial charge is 0.493 e. The van der Waals surface area contributed by atoms with Crippen LogP contribution in [0.25, 0.3) is 0 Å². The van der Waals surface area contributed by atoms with Crippen molar-refractivity contribution in [2.45, 2.75) is 39.8 Å². The predicted octanol–water partition coefficient (Wildman–Crippen LogP) is 4.67. The Kier molecular flexibility index (Phi) is 6.85. The van der Waals surface area contributed by atoms with Crippen molar-refractivity contribution in [3.05, 3.63) is 64.9 Å². The van der Waals surface area contributed by atoms with Crippen LogP contribution in [0.15, 0.2) is 53.7 Å². The Morgan fingerprint density at radius 3 is 2.35 bits per heavy atom. The number of ether oxygens (including phenoxy) is 3. The van der Waals surface area contributed by atoms with Crippen molar-refractivity contribution >= 4 is 29.0 Å². The molecule has 31 heavy (non-hydrogen) atoms. The molecule has 1 aliphatic rings. The van der Waals surface area contributed by atoms with Gasteiger partial charge in [-0.15, -0.1) is 0 Å². The van der Waals surface area contributed by atoms with Crippen molar-refractivity contribution in [2.75, 3.05) is 19.1 Å². The fourth-order valence-corrected chi connectivity index (χ4v) is 4.00. The molecule has 1 atom stereocenters. The first-order chi connectivity index (χ1) is 14.8. The zero-order valence-electron chi connectivity index (χ0n) is 18.7. The number of nitrogens with zero attached hydrogens (tertiary/aromatic N) is 1. The maximum absolute atomic E-state index is 12.9. The molecule has 0 amide bonds. The maximum Gasteiger partial charge on any atom is 0.337 e. The van der Waals surface area contributed by atoms with E-state index in [-0.39, 0.29) is 6.10 Å². The normalized spacial score (nSPS) is 16.3. The lowest BCUT2D eigenvalue weighted by Gasteiger charge is -2.38. The number of hydrogen-bond acceptors (Lipinski definition) is 5. The third-order valence-electron chi connectivity index (χ3n) is 5.08. The predicted molar refractivity (Wildman–Crippen MR) is 126 cm³/mol. The van der Waals surface area contributed by atoms with Crippen LogP contribution in [-0.4, -0.2) is 31.4 Å². The fourth-order valence-electron chi connectivity index (χ4n) is 3.64. The molecule has 0 aliphatic carbocycles. The number of allylic oxidation sites excluding steroid dienone is 1. The quantitative estimate of drug-likeness (QED) is 0.517. The summed E-state index contributed by atoms with van der Waals surface area (Å²) in [7, 11) is 2.96. The molecule has 0 saturated carbocycles. The number of hydrogen-bond donors (Lipinski definition) is 1. The molecule has 1 heterocycles. The van der Waals surface area contributed by atoms with Crippen molar-refractivity contribution < 1.29 is 19.0 Å². The van der Waals surface area contributed by atoms with Crippen molar-refractivity contribution in [3.63, 3.8) is 0 Å². The summed E-state index contributed by atoms with van der Waals surface area (Å²) < 4.78 is 16.8. The molecule has 0 saturated heterocycles. The average Bonchev–Trinajstić information content (AvgIpc) is 2.74. The molecular weight excluding hydrogens is 412 g/mol. The highest BCUT2D eigenvalue weighted by atomic mass is 32.1. The minimum atomic E-state index is -0.550. The Balaban J connectivity index is 2.19. The summed E-state index contributed by atoms with van der Waals surface area (Å²) in [5.74, 6) is 0.716. The van der Waals surface area contributed by atoms with E-state index in [2.05, 4.69) is 5.32 Å². The van der Waals surface area contributed by atoms with Crippen LogP contribution in [0.3, 0.4) is 0 Å². The van der Waals surface area contributed by atoms with Crippen molar-refractivity contribution in [1.82, 2.24) is 5.32 Å². The van der Waals surface area contributed by atoms with Crippen molar-refractivity contribution in [1.29, 1.82) is 0 Å². The van der Waals surface area contributed by atoms with Gasteiger partial charge in [0, 0.05) is 16.9 Å². The fraction of sp³-hybridized carbons (Fsp3) is 0.333. The molecule has 1 unspecified atom stereocenters. The highest BCUT2D eigenvalue weighted by Gasteiger charge is 2.37.